The summed E-state index contributed by atoms with van der Waals surface area (Å²) in [7, 11) is -3.30. The third-order valence-electron chi connectivity index (χ3n) is 4.63. The fourth-order valence-electron chi connectivity index (χ4n) is 3.46. The number of sulfonamides is 1. The molecule has 1 amide bonds. The zero-order valence-electron chi connectivity index (χ0n) is 13.0. The fourth-order valence-corrected chi connectivity index (χ4v) is 4.59. The van der Waals surface area contributed by atoms with Gasteiger partial charge in [0.2, 0.25) is 15.9 Å². The van der Waals surface area contributed by atoms with Crippen LogP contribution in [0.15, 0.2) is 0 Å². The Balaban J connectivity index is 1.96. The van der Waals surface area contributed by atoms with Crippen molar-refractivity contribution in [3.05, 3.63) is 0 Å². The maximum absolute atomic E-state index is 12.5. The lowest BCUT2D eigenvalue weighted by Gasteiger charge is -2.34. The molecule has 1 atom stereocenters. The summed E-state index contributed by atoms with van der Waals surface area (Å²) < 4.78 is 25.1. The highest BCUT2D eigenvalue weighted by Gasteiger charge is 2.35. The van der Waals surface area contributed by atoms with Crippen molar-refractivity contribution in [2.75, 3.05) is 12.8 Å². The van der Waals surface area contributed by atoms with Gasteiger partial charge in [-0.25, -0.2) is 8.42 Å². The van der Waals surface area contributed by atoms with E-state index in [9.17, 15) is 13.2 Å². The number of hydrogen-bond acceptors (Lipinski definition) is 3. The van der Waals surface area contributed by atoms with E-state index in [2.05, 4.69) is 5.32 Å². The first kappa shape index (κ1) is 16.7. The summed E-state index contributed by atoms with van der Waals surface area (Å²) in [5.74, 6) is -0.0919. The van der Waals surface area contributed by atoms with Crippen LogP contribution in [0.4, 0.5) is 0 Å². The molecule has 122 valence electrons. The van der Waals surface area contributed by atoms with Gasteiger partial charge in [0.05, 0.1) is 6.26 Å². The molecule has 1 unspecified atom stereocenters. The molecule has 2 aliphatic rings. The quantitative estimate of drug-likeness (QED) is 0.866. The topological polar surface area (TPSA) is 66.5 Å². The van der Waals surface area contributed by atoms with Gasteiger partial charge in [-0.3, -0.25) is 4.79 Å². The second-order valence-corrected chi connectivity index (χ2v) is 8.37. The normalized spacial score (nSPS) is 26.8. The predicted molar refractivity (Wildman–Crippen MR) is 83.4 cm³/mol. The number of nitrogens with one attached hydrogen (secondary N) is 1. The number of carbonyl (C=O) groups is 1. The van der Waals surface area contributed by atoms with Crippen molar-refractivity contribution in [2.45, 2.75) is 76.3 Å². The van der Waals surface area contributed by atoms with Crippen LogP contribution < -0.4 is 5.32 Å². The Labute approximate surface area is 128 Å². The lowest BCUT2D eigenvalue weighted by molar-refractivity contribution is -0.126. The van der Waals surface area contributed by atoms with Crippen LogP contribution in [0.25, 0.3) is 0 Å². The average Bonchev–Trinajstić information content (AvgIpc) is 2.40. The number of hydrogen-bond donors (Lipinski definition) is 1. The van der Waals surface area contributed by atoms with Crippen LogP contribution in [0.1, 0.15) is 64.2 Å². The summed E-state index contributed by atoms with van der Waals surface area (Å²) in [5.41, 5.74) is 0. The van der Waals surface area contributed by atoms with Crippen LogP contribution in [0.5, 0.6) is 0 Å². The van der Waals surface area contributed by atoms with Crippen molar-refractivity contribution in [3.8, 4) is 0 Å². The molecule has 0 radical (unpaired) electrons. The summed E-state index contributed by atoms with van der Waals surface area (Å²) in [5, 5.41) is 3.11. The van der Waals surface area contributed by atoms with Gasteiger partial charge in [-0.15, -0.1) is 0 Å². The highest BCUT2D eigenvalue weighted by atomic mass is 32.2. The third-order valence-corrected chi connectivity index (χ3v) is 5.92. The molecule has 21 heavy (non-hydrogen) atoms. The number of nitrogens with zero attached hydrogens (tertiary/aromatic N) is 1. The van der Waals surface area contributed by atoms with E-state index in [4.69, 9.17) is 0 Å². The van der Waals surface area contributed by atoms with Crippen LogP contribution in [0, 0.1) is 0 Å². The summed E-state index contributed by atoms with van der Waals surface area (Å²) in [6.45, 7) is 0.474. The number of amides is 1. The summed E-state index contributed by atoms with van der Waals surface area (Å²) >= 11 is 0. The van der Waals surface area contributed by atoms with E-state index in [0.717, 1.165) is 38.5 Å². The molecule has 0 spiro atoms. The standard InChI is InChI=1S/C15H28N2O3S/c1-21(19,20)17-12-8-7-11-14(17)15(18)16-13-9-5-3-2-4-6-10-13/h13-14H,2-12H2,1H3,(H,16,18). The van der Waals surface area contributed by atoms with Gasteiger partial charge in [-0.2, -0.15) is 4.31 Å². The van der Waals surface area contributed by atoms with Gasteiger partial charge in [0, 0.05) is 12.6 Å². The van der Waals surface area contributed by atoms with E-state index in [0.29, 0.717) is 13.0 Å². The Morgan fingerprint density at radius 2 is 1.52 bits per heavy atom. The molecule has 1 aliphatic heterocycles. The second kappa shape index (κ2) is 7.58. The molecule has 1 saturated heterocycles. The first-order valence-electron chi connectivity index (χ1n) is 8.25. The minimum Gasteiger partial charge on any atom is -0.352 e. The first-order chi connectivity index (χ1) is 9.98. The lowest BCUT2D eigenvalue weighted by atomic mass is 9.96. The molecule has 6 heteroatoms. The first-order valence-corrected chi connectivity index (χ1v) is 10.1. The van der Waals surface area contributed by atoms with Gasteiger partial charge in [-0.05, 0) is 25.7 Å². The van der Waals surface area contributed by atoms with Gasteiger partial charge in [0.25, 0.3) is 0 Å². The SMILES string of the molecule is CS(=O)(=O)N1CCCCC1C(=O)NC1CCCCCCC1. The molecule has 2 rings (SSSR count). The Morgan fingerprint density at radius 1 is 0.952 bits per heavy atom. The van der Waals surface area contributed by atoms with Crippen molar-refractivity contribution in [2.24, 2.45) is 0 Å². The number of carbonyl (C=O) groups excluding carboxylic acids is 1. The molecular formula is C15H28N2O3S. The molecule has 0 aromatic carbocycles. The molecule has 1 N–H and O–H groups in total. The average molecular weight is 316 g/mol. The van der Waals surface area contributed by atoms with Crippen LogP contribution >= 0.6 is 0 Å². The van der Waals surface area contributed by atoms with Crippen molar-refractivity contribution in [1.82, 2.24) is 9.62 Å². The van der Waals surface area contributed by atoms with Gasteiger partial charge in [0.15, 0.2) is 0 Å². The molecular weight excluding hydrogens is 288 g/mol. The molecule has 0 bridgehead atoms. The molecule has 0 aromatic heterocycles. The van der Waals surface area contributed by atoms with E-state index < -0.39 is 16.1 Å². The van der Waals surface area contributed by atoms with Gasteiger partial charge in [0.1, 0.15) is 6.04 Å². The Hall–Kier alpha value is -0.620. The monoisotopic (exact) mass is 316 g/mol. The van der Waals surface area contributed by atoms with E-state index in [1.54, 1.807) is 0 Å². The fraction of sp³-hybridized carbons (Fsp3) is 0.933. The summed E-state index contributed by atoms with van der Waals surface area (Å²) in [6.07, 6.45) is 11.8. The lowest BCUT2D eigenvalue weighted by Crippen LogP contribution is -2.53. The zero-order chi connectivity index (χ0) is 15.3. The summed E-state index contributed by atoms with van der Waals surface area (Å²) in [4.78, 5) is 12.5. The maximum Gasteiger partial charge on any atom is 0.238 e. The van der Waals surface area contributed by atoms with E-state index in [1.165, 1.54) is 29.8 Å². The maximum atomic E-state index is 12.5. The smallest absolute Gasteiger partial charge is 0.238 e. The molecule has 1 aliphatic carbocycles. The van der Waals surface area contributed by atoms with Gasteiger partial charge < -0.3 is 5.32 Å². The van der Waals surface area contributed by atoms with E-state index >= 15 is 0 Å². The van der Waals surface area contributed by atoms with Gasteiger partial charge in [-0.1, -0.05) is 38.5 Å². The van der Waals surface area contributed by atoms with Crippen molar-refractivity contribution < 1.29 is 13.2 Å². The van der Waals surface area contributed by atoms with Crippen molar-refractivity contribution >= 4 is 15.9 Å². The van der Waals surface area contributed by atoms with E-state index in [-0.39, 0.29) is 11.9 Å². The molecule has 1 heterocycles. The molecule has 2 fully saturated rings. The van der Waals surface area contributed by atoms with Crippen LogP contribution in [0.2, 0.25) is 0 Å². The third kappa shape index (κ3) is 4.95. The minimum absolute atomic E-state index is 0.0919. The Kier molecular flexibility index (Phi) is 6.05. The highest BCUT2D eigenvalue weighted by molar-refractivity contribution is 7.88. The second-order valence-electron chi connectivity index (χ2n) is 6.44. The van der Waals surface area contributed by atoms with E-state index in [1.807, 2.05) is 0 Å². The largest absolute Gasteiger partial charge is 0.352 e. The molecule has 5 nitrogen and oxygen atoms in total. The predicted octanol–water partition coefficient (Wildman–Crippen LogP) is 2.03. The van der Waals surface area contributed by atoms with Crippen molar-refractivity contribution in [3.63, 3.8) is 0 Å². The number of rotatable bonds is 3. The van der Waals surface area contributed by atoms with Crippen molar-refractivity contribution in [1.29, 1.82) is 0 Å². The van der Waals surface area contributed by atoms with Gasteiger partial charge >= 0.3 is 0 Å². The summed E-state index contributed by atoms with van der Waals surface area (Å²) in [6, 6.07) is -0.277. The minimum atomic E-state index is -3.30. The Morgan fingerprint density at radius 3 is 2.14 bits per heavy atom. The highest BCUT2D eigenvalue weighted by Crippen LogP contribution is 2.22. The Bertz CT molecular complexity index is 442. The molecule has 0 aromatic rings. The molecule has 1 saturated carbocycles. The van der Waals surface area contributed by atoms with Crippen LogP contribution in [-0.2, 0) is 14.8 Å². The number of piperidine rings is 1. The van der Waals surface area contributed by atoms with Crippen LogP contribution in [0.3, 0.4) is 0 Å². The van der Waals surface area contributed by atoms with Crippen LogP contribution in [-0.4, -0.2) is 43.5 Å². The zero-order valence-corrected chi connectivity index (χ0v) is 13.8.